The zero-order valence-corrected chi connectivity index (χ0v) is 17.0. The summed E-state index contributed by atoms with van der Waals surface area (Å²) in [6.07, 6.45) is 1.78. The van der Waals surface area contributed by atoms with Gasteiger partial charge in [-0.1, -0.05) is 44.5 Å². The molecule has 6 heteroatoms. The molecule has 0 saturated carbocycles. The lowest BCUT2D eigenvalue weighted by molar-refractivity contribution is 0.589. The van der Waals surface area contributed by atoms with Crippen LogP contribution in [0.2, 0.25) is 4.47 Å². The highest BCUT2D eigenvalue weighted by Gasteiger charge is 2.14. The first-order valence-corrected chi connectivity index (χ1v) is 9.93. The van der Waals surface area contributed by atoms with Gasteiger partial charge in [0.05, 0.1) is 6.54 Å². The number of benzene rings is 2. The molecule has 2 heterocycles. The van der Waals surface area contributed by atoms with Crippen LogP contribution in [-0.2, 0) is 12.0 Å². The van der Waals surface area contributed by atoms with Gasteiger partial charge in [-0.25, -0.2) is 9.97 Å². The molecule has 4 rings (SSSR count). The highest BCUT2D eigenvalue weighted by atomic mass is 35.5. The van der Waals surface area contributed by atoms with Crippen LogP contribution in [0.5, 0.6) is 0 Å². The first kappa shape index (κ1) is 18.0. The number of nitrogens with zero attached hydrogens (tertiary/aromatic N) is 2. The number of halogens is 1. The Hall–Kier alpha value is -2.37. The van der Waals surface area contributed by atoms with Crippen molar-refractivity contribution in [3.05, 3.63) is 63.6 Å². The maximum absolute atomic E-state index is 5.99. The first-order valence-electron chi connectivity index (χ1n) is 8.74. The van der Waals surface area contributed by atoms with Crippen molar-refractivity contribution in [1.82, 2.24) is 9.97 Å². The Morgan fingerprint density at radius 2 is 1.89 bits per heavy atom. The van der Waals surface area contributed by atoms with Gasteiger partial charge in [0.1, 0.15) is 5.52 Å². The summed E-state index contributed by atoms with van der Waals surface area (Å²) in [6, 6.07) is 14.3. The van der Waals surface area contributed by atoms with E-state index < -0.39 is 0 Å². The quantitative estimate of drug-likeness (QED) is 0.426. The zero-order valence-electron chi connectivity index (χ0n) is 15.4. The van der Waals surface area contributed by atoms with Crippen molar-refractivity contribution in [3.63, 3.8) is 0 Å². The van der Waals surface area contributed by atoms with E-state index >= 15 is 0 Å². The van der Waals surface area contributed by atoms with Gasteiger partial charge in [-0.15, -0.1) is 11.3 Å². The Labute approximate surface area is 167 Å². The van der Waals surface area contributed by atoms with E-state index in [1.165, 1.54) is 16.9 Å². The molecule has 0 spiro atoms. The fourth-order valence-electron chi connectivity index (χ4n) is 2.83. The molecule has 0 fully saturated rings. The summed E-state index contributed by atoms with van der Waals surface area (Å²) in [5, 5.41) is 3.36. The van der Waals surface area contributed by atoms with Gasteiger partial charge in [-0.05, 0) is 35.2 Å². The van der Waals surface area contributed by atoms with Crippen molar-refractivity contribution >= 4 is 39.7 Å². The summed E-state index contributed by atoms with van der Waals surface area (Å²) < 4.78 is 6.55. The summed E-state index contributed by atoms with van der Waals surface area (Å²) in [4.78, 5) is 9.75. The number of thiazole rings is 1. The van der Waals surface area contributed by atoms with Crippen LogP contribution in [-0.4, -0.2) is 9.97 Å². The van der Waals surface area contributed by atoms with Crippen molar-refractivity contribution in [2.75, 3.05) is 5.32 Å². The van der Waals surface area contributed by atoms with Gasteiger partial charge in [0.15, 0.2) is 10.0 Å². The molecule has 0 radical (unpaired) electrons. The molecule has 2 aromatic carbocycles. The monoisotopic (exact) mass is 397 g/mol. The number of anilines is 1. The van der Waals surface area contributed by atoms with E-state index in [1.54, 1.807) is 6.20 Å². The number of hydrogen-bond acceptors (Lipinski definition) is 5. The third kappa shape index (κ3) is 3.99. The van der Waals surface area contributed by atoms with Crippen LogP contribution in [0.3, 0.4) is 0 Å². The summed E-state index contributed by atoms with van der Waals surface area (Å²) in [6.45, 7) is 7.29. The first-order chi connectivity index (χ1) is 12.9. The summed E-state index contributed by atoms with van der Waals surface area (Å²) in [5.41, 5.74) is 4.97. The molecule has 0 bridgehead atoms. The molecule has 1 N–H and O–H groups in total. The number of nitrogens with one attached hydrogen (secondary N) is 1. The molecule has 0 amide bonds. The average Bonchev–Trinajstić information content (AvgIpc) is 3.25. The minimum atomic E-state index is 0.128. The van der Waals surface area contributed by atoms with Gasteiger partial charge in [-0.3, -0.25) is 0 Å². The lowest BCUT2D eigenvalue weighted by atomic mass is 9.87. The highest BCUT2D eigenvalue weighted by molar-refractivity contribution is 7.15. The number of hydrogen-bond donors (Lipinski definition) is 1. The van der Waals surface area contributed by atoms with Crippen LogP contribution in [0.15, 0.2) is 53.1 Å². The number of aromatic nitrogens is 2. The van der Waals surface area contributed by atoms with E-state index in [9.17, 15) is 0 Å². The maximum atomic E-state index is 5.99. The SMILES string of the molecule is CC(C)(C)c1ccc(-c2nc3ccc(NCc4cnc(Cl)s4)cc3o2)cc1. The zero-order chi connectivity index (χ0) is 19.0. The van der Waals surface area contributed by atoms with Crippen molar-refractivity contribution in [2.45, 2.75) is 32.7 Å². The molecule has 4 nitrogen and oxygen atoms in total. The largest absolute Gasteiger partial charge is 0.436 e. The number of fused-ring (bicyclic) bond motifs is 1. The van der Waals surface area contributed by atoms with E-state index in [-0.39, 0.29) is 5.41 Å². The van der Waals surface area contributed by atoms with Crippen molar-refractivity contribution in [1.29, 1.82) is 0 Å². The molecule has 0 aliphatic rings. The van der Waals surface area contributed by atoms with Crippen LogP contribution in [0.1, 0.15) is 31.2 Å². The standard InChI is InChI=1S/C21H20ClN3OS/c1-21(2,3)14-6-4-13(5-7-14)19-25-17-9-8-15(10-18(17)26-19)23-11-16-12-24-20(22)27-16/h4-10,12,23H,11H2,1-3H3. The number of rotatable bonds is 4. The fourth-order valence-corrected chi connectivity index (χ4v) is 3.74. The Balaban J connectivity index is 1.55. The van der Waals surface area contributed by atoms with Crippen LogP contribution in [0.4, 0.5) is 5.69 Å². The molecule has 27 heavy (non-hydrogen) atoms. The topological polar surface area (TPSA) is 51.0 Å². The third-order valence-corrected chi connectivity index (χ3v) is 5.49. The van der Waals surface area contributed by atoms with E-state index in [1.807, 2.05) is 18.2 Å². The molecular weight excluding hydrogens is 378 g/mol. The van der Waals surface area contributed by atoms with Gasteiger partial charge in [0.2, 0.25) is 5.89 Å². The van der Waals surface area contributed by atoms with Crippen molar-refractivity contribution < 1.29 is 4.42 Å². The second kappa shape index (κ2) is 6.98. The van der Waals surface area contributed by atoms with Gasteiger partial charge in [0, 0.05) is 28.4 Å². The predicted octanol–water partition coefficient (Wildman–Crippen LogP) is 6.51. The Bertz CT molecular complexity index is 1080. The second-order valence-corrected chi connectivity index (χ2v) is 9.16. The van der Waals surface area contributed by atoms with E-state index in [0.717, 1.165) is 27.2 Å². The molecule has 4 aromatic rings. The van der Waals surface area contributed by atoms with Gasteiger partial charge >= 0.3 is 0 Å². The Kier molecular flexibility index (Phi) is 4.66. The predicted molar refractivity (Wildman–Crippen MR) is 113 cm³/mol. The fraction of sp³-hybridized carbons (Fsp3) is 0.238. The van der Waals surface area contributed by atoms with Crippen LogP contribution in [0.25, 0.3) is 22.6 Å². The van der Waals surface area contributed by atoms with Gasteiger partial charge in [-0.2, -0.15) is 0 Å². The lowest BCUT2D eigenvalue weighted by Crippen LogP contribution is -2.10. The minimum Gasteiger partial charge on any atom is -0.436 e. The molecule has 0 aliphatic carbocycles. The van der Waals surface area contributed by atoms with Crippen LogP contribution < -0.4 is 5.32 Å². The normalized spacial score (nSPS) is 11.9. The smallest absolute Gasteiger partial charge is 0.227 e. The highest BCUT2D eigenvalue weighted by Crippen LogP contribution is 2.29. The lowest BCUT2D eigenvalue weighted by Gasteiger charge is -2.18. The molecule has 0 saturated heterocycles. The summed E-state index contributed by atoms with van der Waals surface area (Å²) in [7, 11) is 0. The molecule has 138 valence electrons. The average molecular weight is 398 g/mol. The minimum absolute atomic E-state index is 0.128. The van der Waals surface area contributed by atoms with E-state index in [4.69, 9.17) is 16.0 Å². The van der Waals surface area contributed by atoms with Crippen LogP contribution >= 0.6 is 22.9 Å². The Morgan fingerprint density at radius 1 is 1.11 bits per heavy atom. The molecule has 0 atom stereocenters. The summed E-state index contributed by atoms with van der Waals surface area (Å²) >= 11 is 7.34. The van der Waals surface area contributed by atoms with E-state index in [0.29, 0.717) is 16.9 Å². The van der Waals surface area contributed by atoms with Gasteiger partial charge < -0.3 is 9.73 Å². The molecule has 2 aromatic heterocycles. The van der Waals surface area contributed by atoms with Crippen molar-refractivity contribution in [2.24, 2.45) is 0 Å². The maximum Gasteiger partial charge on any atom is 0.227 e. The van der Waals surface area contributed by atoms with Crippen LogP contribution in [0, 0.1) is 0 Å². The second-order valence-electron chi connectivity index (χ2n) is 7.46. The van der Waals surface area contributed by atoms with Crippen molar-refractivity contribution in [3.8, 4) is 11.5 Å². The third-order valence-electron chi connectivity index (χ3n) is 4.38. The van der Waals surface area contributed by atoms with Gasteiger partial charge in [0.25, 0.3) is 0 Å². The number of oxazole rings is 1. The molecule has 0 aliphatic heterocycles. The summed E-state index contributed by atoms with van der Waals surface area (Å²) in [5.74, 6) is 0.636. The van der Waals surface area contributed by atoms with E-state index in [2.05, 4.69) is 60.3 Å². The molecule has 0 unspecified atom stereocenters. The molecular formula is C21H20ClN3OS. The Morgan fingerprint density at radius 3 is 2.56 bits per heavy atom.